The van der Waals surface area contributed by atoms with Crippen molar-refractivity contribution in [3.05, 3.63) is 101 Å². The zero-order chi connectivity index (χ0) is 29.3. The van der Waals surface area contributed by atoms with Crippen LogP contribution < -0.4 is 9.46 Å². The Morgan fingerprint density at radius 2 is 1.83 bits per heavy atom. The molecule has 3 aliphatic rings. The minimum atomic E-state index is -3.94. The number of nitriles is 1. The van der Waals surface area contributed by atoms with Crippen molar-refractivity contribution in [3.63, 3.8) is 0 Å². The highest BCUT2D eigenvalue weighted by Gasteiger charge is 2.48. The largest absolute Gasteiger partial charge is 0.485 e. The Labute approximate surface area is 250 Å². The van der Waals surface area contributed by atoms with Gasteiger partial charge in [0.05, 0.1) is 23.7 Å². The predicted octanol–water partition coefficient (Wildman–Crippen LogP) is 4.76. The van der Waals surface area contributed by atoms with Crippen molar-refractivity contribution in [2.75, 3.05) is 38.6 Å². The van der Waals surface area contributed by atoms with Gasteiger partial charge < -0.3 is 14.4 Å². The van der Waals surface area contributed by atoms with Gasteiger partial charge in [0.15, 0.2) is 0 Å². The summed E-state index contributed by atoms with van der Waals surface area (Å²) < 4.78 is 44.6. The average Bonchev–Trinajstić information content (AvgIpc) is 3.50. The minimum absolute atomic E-state index is 0.0636. The van der Waals surface area contributed by atoms with Crippen LogP contribution in [0.1, 0.15) is 46.6 Å². The lowest BCUT2D eigenvalue weighted by molar-refractivity contribution is 0.0159. The number of sulfonamides is 1. The molecule has 1 atom stereocenters. The van der Waals surface area contributed by atoms with E-state index in [2.05, 4.69) is 68.7 Å². The number of fused-ring (bicyclic) bond motifs is 1. The van der Waals surface area contributed by atoms with E-state index in [9.17, 15) is 13.7 Å². The van der Waals surface area contributed by atoms with Crippen LogP contribution in [0.2, 0.25) is 0 Å². The van der Waals surface area contributed by atoms with Gasteiger partial charge in [0.1, 0.15) is 24.3 Å². The average molecular weight is 602 g/mol. The van der Waals surface area contributed by atoms with Crippen molar-refractivity contribution in [2.24, 2.45) is 0 Å². The van der Waals surface area contributed by atoms with Crippen LogP contribution in [0.25, 0.3) is 0 Å². The number of nitrogens with zero attached hydrogens (tertiary/aromatic N) is 4. The number of likely N-dealkylation sites (N-methyl/N-ethyl adjacent to an activating group) is 1. The number of anilines is 1. The van der Waals surface area contributed by atoms with Crippen LogP contribution in [-0.4, -0.2) is 62.6 Å². The molecule has 0 aliphatic heterocycles. The molecule has 11 heteroatoms. The molecule has 1 heterocycles. The molecule has 0 saturated heterocycles. The highest BCUT2D eigenvalue weighted by Crippen LogP contribution is 2.56. The molecule has 216 valence electrons. The van der Waals surface area contributed by atoms with Gasteiger partial charge in [-0.15, -0.1) is 0 Å². The first-order chi connectivity index (χ1) is 20.3. The van der Waals surface area contributed by atoms with Crippen LogP contribution in [0, 0.1) is 11.3 Å². The van der Waals surface area contributed by atoms with Crippen molar-refractivity contribution >= 4 is 26.7 Å². The molecule has 0 spiro atoms. The molecule has 2 bridgehead atoms. The van der Waals surface area contributed by atoms with E-state index in [1.54, 1.807) is 0 Å². The number of benzene rings is 3. The third-order valence-corrected chi connectivity index (χ3v) is 10.1. The number of aromatic nitrogens is 2. The van der Waals surface area contributed by atoms with Crippen molar-refractivity contribution in [1.82, 2.24) is 14.3 Å². The molecule has 0 fully saturated rings. The van der Waals surface area contributed by atoms with Gasteiger partial charge in [-0.25, -0.2) is 13.4 Å². The molecule has 4 aromatic rings. The Hall–Kier alpha value is -3.82. The molecule has 9 nitrogen and oxygen atoms in total. The first-order valence-corrected chi connectivity index (χ1v) is 16.0. The monoisotopic (exact) mass is 601 g/mol. The molecule has 7 rings (SSSR count). The Balaban J connectivity index is 1.21. The van der Waals surface area contributed by atoms with Gasteiger partial charge in [-0.1, -0.05) is 48.5 Å². The summed E-state index contributed by atoms with van der Waals surface area (Å²) in [7, 11) is -0.0464. The fourth-order valence-corrected chi connectivity index (χ4v) is 8.01. The maximum absolute atomic E-state index is 12.8. The highest BCUT2D eigenvalue weighted by molar-refractivity contribution is 7.93. The van der Waals surface area contributed by atoms with E-state index in [1.807, 2.05) is 19.0 Å². The fourth-order valence-electron chi connectivity index (χ4n) is 6.32. The smallest absolute Gasteiger partial charge is 0.263 e. The number of hydrogen-bond acceptors (Lipinski definition) is 9. The molecule has 1 unspecified atom stereocenters. The maximum Gasteiger partial charge on any atom is 0.263 e. The molecule has 0 radical (unpaired) electrons. The number of rotatable bonds is 11. The van der Waals surface area contributed by atoms with E-state index in [1.165, 1.54) is 46.8 Å². The van der Waals surface area contributed by atoms with Gasteiger partial charge in [-0.3, -0.25) is 4.72 Å². The second-order valence-corrected chi connectivity index (χ2v) is 13.4. The van der Waals surface area contributed by atoms with Gasteiger partial charge in [0.25, 0.3) is 10.0 Å². The van der Waals surface area contributed by atoms with Crippen LogP contribution in [0.3, 0.4) is 0 Å². The minimum Gasteiger partial charge on any atom is -0.485 e. The summed E-state index contributed by atoms with van der Waals surface area (Å²) in [4.78, 5) is 5.80. The lowest BCUT2D eigenvalue weighted by Crippen LogP contribution is -2.44. The lowest BCUT2D eigenvalue weighted by atomic mass is 9.55. The van der Waals surface area contributed by atoms with E-state index in [0.29, 0.717) is 31.4 Å². The quantitative estimate of drug-likeness (QED) is 0.262. The second-order valence-electron chi connectivity index (χ2n) is 11.0. The fraction of sp³-hybridized carbons (Fsp3) is 0.323. The number of ether oxygens (including phenoxy) is 2. The summed E-state index contributed by atoms with van der Waals surface area (Å²) >= 11 is 0.926. The first kappa shape index (κ1) is 28.3. The SMILES string of the molecule is CN(C)CC(COCC12CCC(c3ccccc31)c1ccccc12)Oc1ccc(S(=O)(=O)Nc2ncns2)cc1C#N. The summed E-state index contributed by atoms with van der Waals surface area (Å²) in [5.41, 5.74) is 5.36. The number of hydrogen-bond donors (Lipinski definition) is 1. The standard InChI is InChI=1S/C31H31N5O4S2/c1-36(2)17-22(40-29-12-11-23(15-21(29)16-32)42(37,38)35-30-33-20-34-41-30)18-39-19-31-14-13-24(25-7-3-5-9-27(25)31)26-8-4-6-10-28(26)31/h3-12,15,20,22,24H,13-14,17-19H2,1-2H3,(H,33,34,35). The van der Waals surface area contributed by atoms with E-state index in [-0.39, 0.29) is 21.0 Å². The topological polar surface area (TPSA) is 117 Å². The van der Waals surface area contributed by atoms with Crippen LogP contribution in [0.4, 0.5) is 5.13 Å². The van der Waals surface area contributed by atoms with Gasteiger partial charge in [0, 0.05) is 29.4 Å². The predicted molar refractivity (Wildman–Crippen MR) is 160 cm³/mol. The maximum atomic E-state index is 12.8. The van der Waals surface area contributed by atoms with E-state index in [4.69, 9.17) is 9.47 Å². The molecule has 0 saturated carbocycles. The van der Waals surface area contributed by atoms with Crippen LogP contribution in [-0.2, 0) is 20.2 Å². The highest BCUT2D eigenvalue weighted by atomic mass is 32.2. The van der Waals surface area contributed by atoms with Crippen molar-refractivity contribution in [1.29, 1.82) is 5.26 Å². The summed E-state index contributed by atoms with van der Waals surface area (Å²) in [6.45, 7) is 1.36. The molecule has 1 aromatic heterocycles. The molecule has 3 aromatic carbocycles. The molecular weight excluding hydrogens is 571 g/mol. The molecular formula is C31H31N5O4S2. The Kier molecular flexibility index (Phi) is 7.72. The van der Waals surface area contributed by atoms with Crippen molar-refractivity contribution < 1.29 is 17.9 Å². The van der Waals surface area contributed by atoms with Crippen LogP contribution >= 0.6 is 11.5 Å². The molecule has 42 heavy (non-hydrogen) atoms. The zero-order valence-electron chi connectivity index (χ0n) is 23.4. The molecule has 1 N–H and O–H groups in total. The lowest BCUT2D eigenvalue weighted by Gasteiger charge is -2.49. The van der Waals surface area contributed by atoms with Gasteiger partial charge >= 0.3 is 0 Å². The molecule has 3 aliphatic carbocycles. The van der Waals surface area contributed by atoms with E-state index < -0.39 is 16.1 Å². The van der Waals surface area contributed by atoms with Gasteiger partial charge in [0.2, 0.25) is 5.13 Å². The van der Waals surface area contributed by atoms with Gasteiger partial charge in [-0.05, 0) is 67.4 Å². The van der Waals surface area contributed by atoms with E-state index >= 15 is 0 Å². The Morgan fingerprint density at radius 1 is 1.12 bits per heavy atom. The van der Waals surface area contributed by atoms with E-state index in [0.717, 1.165) is 24.4 Å². The Morgan fingerprint density at radius 3 is 2.48 bits per heavy atom. The summed E-state index contributed by atoms with van der Waals surface area (Å²) in [6.07, 6.45) is 2.98. The number of nitrogens with one attached hydrogen (secondary N) is 1. The summed E-state index contributed by atoms with van der Waals surface area (Å²) in [6, 6.07) is 23.7. The normalized spacial score (nSPS) is 19.5. The first-order valence-electron chi connectivity index (χ1n) is 13.7. The Bertz CT molecular complexity index is 1690. The molecule has 0 amide bonds. The van der Waals surface area contributed by atoms with Crippen molar-refractivity contribution in [3.8, 4) is 11.8 Å². The van der Waals surface area contributed by atoms with Crippen LogP contribution in [0.15, 0.2) is 78.0 Å². The third-order valence-electron chi connectivity index (χ3n) is 8.04. The summed E-state index contributed by atoms with van der Waals surface area (Å²) in [5.74, 6) is 0.726. The van der Waals surface area contributed by atoms with Crippen molar-refractivity contribution in [2.45, 2.75) is 35.2 Å². The summed E-state index contributed by atoms with van der Waals surface area (Å²) in [5, 5.41) is 10.0. The zero-order valence-corrected chi connectivity index (χ0v) is 25.0. The van der Waals surface area contributed by atoms with Crippen LogP contribution in [0.5, 0.6) is 5.75 Å². The second kappa shape index (κ2) is 11.5. The third kappa shape index (κ3) is 5.27. The van der Waals surface area contributed by atoms with Gasteiger partial charge in [-0.2, -0.15) is 9.64 Å².